The Kier molecular flexibility index (Phi) is 5.03. The second-order valence-electron chi connectivity index (χ2n) is 6.44. The van der Waals surface area contributed by atoms with Gasteiger partial charge in [0.15, 0.2) is 0 Å². The Morgan fingerprint density at radius 2 is 0.778 bits per heavy atom. The van der Waals surface area contributed by atoms with Gasteiger partial charge in [-0.25, -0.2) is 19.2 Å². The highest BCUT2D eigenvalue weighted by atomic mass is 16.4. The zero-order valence-electron chi connectivity index (χ0n) is 14.4. The van der Waals surface area contributed by atoms with Crippen LogP contribution in [-0.2, 0) is 5.41 Å². The van der Waals surface area contributed by atoms with Crippen LogP contribution in [0, 0.1) is 0 Å². The topological polar surface area (TPSA) is 149 Å². The summed E-state index contributed by atoms with van der Waals surface area (Å²) in [6.45, 7) is 3.23. The summed E-state index contributed by atoms with van der Waals surface area (Å²) >= 11 is 0. The molecule has 0 atom stereocenters. The van der Waals surface area contributed by atoms with Crippen LogP contribution in [0.1, 0.15) is 66.4 Å². The molecule has 0 radical (unpaired) electrons. The van der Waals surface area contributed by atoms with E-state index in [1.54, 1.807) is 13.8 Å². The second kappa shape index (κ2) is 6.91. The summed E-state index contributed by atoms with van der Waals surface area (Å²) in [6.07, 6.45) is 0. The Balaban J connectivity index is 2.75. The van der Waals surface area contributed by atoms with Gasteiger partial charge in [0.05, 0.1) is 22.3 Å². The highest BCUT2D eigenvalue weighted by Gasteiger charge is 2.28. The molecule has 0 aliphatic carbocycles. The van der Waals surface area contributed by atoms with E-state index in [0.717, 1.165) is 12.1 Å². The predicted octanol–water partition coefficient (Wildman–Crippen LogP) is 2.81. The smallest absolute Gasteiger partial charge is 0.335 e. The summed E-state index contributed by atoms with van der Waals surface area (Å²) < 4.78 is 0. The van der Waals surface area contributed by atoms with Gasteiger partial charge in [0.2, 0.25) is 0 Å². The lowest BCUT2D eigenvalue weighted by Gasteiger charge is -2.27. The number of hydrogen-bond acceptors (Lipinski definition) is 4. The Labute approximate surface area is 153 Å². The van der Waals surface area contributed by atoms with Gasteiger partial charge in [-0.3, -0.25) is 0 Å². The first kappa shape index (κ1) is 19.6. The Hall–Kier alpha value is -3.68. The minimum Gasteiger partial charge on any atom is -0.478 e. The van der Waals surface area contributed by atoms with Gasteiger partial charge < -0.3 is 20.4 Å². The summed E-state index contributed by atoms with van der Waals surface area (Å²) in [4.78, 5) is 45.3. The molecule has 0 aliphatic rings. The van der Waals surface area contributed by atoms with Gasteiger partial charge >= 0.3 is 23.9 Å². The Morgan fingerprint density at radius 3 is 0.963 bits per heavy atom. The van der Waals surface area contributed by atoms with E-state index in [1.807, 2.05) is 0 Å². The van der Waals surface area contributed by atoms with E-state index in [2.05, 4.69) is 0 Å². The molecule has 0 amide bonds. The van der Waals surface area contributed by atoms with Gasteiger partial charge in [0, 0.05) is 5.41 Å². The van der Waals surface area contributed by atoms with E-state index in [0.29, 0.717) is 11.1 Å². The molecule has 8 nitrogen and oxygen atoms in total. The van der Waals surface area contributed by atoms with Crippen LogP contribution in [0.5, 0.6) is 0 Å². The Bertz CT molecular complexity index is 830. The van der Waals surface area contributed by atoms with Crippen LogP contribution >= 0.6 is 0 Å². The molecule has 0 fully saturated rings. The average molecular weight is 372 g/mol. The summed E-state index contributed by atoms with van der Waals surface area (Å²) in [5.41, 5.74) is -1.46. The largest absolute Gasteiger partial charge is 0.478 e. The highest BCUT2D eigenvalue weighted by Crippen LogP contribution is 2.34. The summed E-state index contributed by atoms with van der Waals surface area (Å²) in [6, 6.07) is 7.15. The van der Waals surface area contributed by atoms with Crippen molar-refractivity contribution in [3.05, 3.63) is 69.8 Å². The predicted molar refractivity (Wildman–Crippen MR) is 92.8 cm³/mol. The molecule has 2 aromatic rings. The van der Waals surface area contributed by atoms with Crippen LogP contribution in [0.2, 0.25) is 0 Å². The summed E-state index contributed by atoms with van der Waals surface area (Å²) in [5.74, 6) is -5.28. The lowest BCUT2D eigenvalue weighted by molar-refractivity contribution is 0.0676. The molecule has 0 bridgehead atoms. The second-order valence-corrected chi connectivity index (χ2v) is 6.44. The number of carboxylic acid groups (broad SMARTS) is 4. The van der Waals surface area contributed by atoms with Gasteiger partial charge in [-0.05, 0) is 47.5 Å². The van der Waals surface area contributed by atoms with E-state index >= 15 is 0 Å². The van der Waals surface area contributed by atoms with Crippen LogP contribution in [0.15, 0.2) is 36.4 Å². The average Bonchev–Trinajstić information content (AvgIpc) is 2.60. The van der Waals surface area contributed by atoms with Crippen molar-refractivity contribution in [1.29, 1.82) is 0 Å². The molecule has 0 saturated heterocycles. The number of carboxylic acids is 4. The van der Waals surface area contributed by atoms with Gasteiger partial charge in [-0.15, -0.1) is 0 Å². The molecule has 8 heteroatoms. The minimum absolute atomic E-state index is 0.245. The standard InChI is InChI=1S/C19H16O8/c1-19(2,13-5-9(15(20)21)3-10(6-13)16(22)23)14-7-11(17(24)25)4-12(8-14)18(26)27/h3-8H,1-2H3,(H,20,21)(H,22,23)(H,24,25)(H,26,27). The number of hydrogen-bond donors (Lipinski definition) is 4. The SMILES string of the molecule is CC(C)(c1cc(C(=O)O)cc(C(=O)O)c1)c1cc(C(=O)O)cc(C(=O)O)c1. The molecule has 140 valence electrons. The fourth-order valence-electron chi connectivity index (χ4n) is 2.64. The molecule has 2 aromatic carbocycles. The monoisotopic (exact) mass is 372 g/mol. The Morgan fingerprint density at radius 1 is 0.556 bits per heavy atom. The molecule has 0 aromatic heterocycles. The third kappa shape index (κ3) is 3.95. The van der Waals surface area contributed by atoms with Crippen molar-refractivity contribution in [2.45, 2.75) is 19.3 Å². The summed E-state index contributed by atoms with van der Waals surface area (Å²) in [5, 5.41) is 36.9. The van der Waals surface area contributed by atoms with Crippen molar-refractivity contribution in [2.24, 2.45) is 0 Å². The maximum absolute atomic E-state index is 11.3. The van der Waals surface area contributed by atoms with Crippen LogP contribution in [0.3, 0.4) is 0 Å². The van der Waals surface area contributed by atoms with Crippen molar-refractivity contribution in [1.82, 2.24) is 0 Å². The lowest BCUT2D eigenvalue weighted by Crippen LogP contribution is -2.22. The van der Waals surface area contributed by atoms with Crippen LogP contribution < -0.4 is 0 Å². The first-order valence-corrected chi connectivity index (χ1v) is 7.68. The van der Waals surface area contributed by atoms with E-state index in [1.165, 1.54) is 24.3 Å². The minimum atomic E-state index is -1.32. The fourth-order valence-corrected chi connectivity index (χ4v) is 2.64. The van der Waals surface area contributed by atoms with E-state index in [9.17, 15) is 39.6 Å². The molecule has 4 N–H and O–H groups in total. The molecule has 2 rings (SSSR count). The molecular formula is C19H16O8. The molecule has 0 spiro atoms. The first-order chi connectivity index (χ1) is 12.4. The van der Waals surface area contributed by atoms with Gasteiger partial charge in [0.1, 0.15) is 0 Å². The number of rotatable bonds is 6. The van der Waals surface area contributed by atoms with Gasteiger partial charge in [0.25, 0.3) is 0 Å². The number of aromatic carboxylic acids is 4. The molecule has 0 heterocycles. The normalized spacial score (nSPS) is 11.0. The van der Waals surface area contributed by atoms with Crippen LogP contribution in [-0.4, -0.2) is 44.3 Å². The van der Waals surface area contributed by atoms with E-state index < -0.39 is 29.3 Å². The molecule has 0 unspecified atom stereocenters. The van der Waals surface area contributed by atoms with Gasteiger partial charge in [-0.1, -0.05) is 13.8 Å². The highest BCUT2D eigenvalue weighted by molar-refractivity contribution is 5.95. The first-order valence-electron chi connectivity index (χ1n) is 7.68. The quantitative estimate of drug-likeness (QED) is 0.604. The molecule has 27 heavy (non-hydrogen) atoms. The third-order valence-electron chi connectivity index (χ3n) is 4.30. The van der Waals surface area contributed by atoms with Crippen molar-refractivity contribution < 1.29 is 39.6 Å². The van der Waals surface area contributed by atoms with Crippen molar-refractivity contribution in [3.63, 3.8) is 0 Å². The van der Waals surface area contributed by atoms with Gasteiger partial charge in [-0.2, -0.15) is 0 Å². The fraction of sp³-hybridized carbons (Fsp3) is 0.158. The molecule has 0 saturated carbocycles. The lowest BCUT2D eigenvalue weighted by atomic mass is 9.76. The van der Waals surface area contributed by atoms with Crippen molar-refractivity contribution >= 4 is 23.9 Å². The number of benzene rings is 2. The third-order valence-corrected chi connectivity index (χ3v) is 4.30. The summed E-state index contributed by atoms with van der Waals surface area (Å²) in [7, 11) is 0. The molecule has 0 aliphatic heterocycles. The van der Waals surface area contributed by atoms with E-state index in [4.69, 9.17) is 0 Å². The van der Waals surface area contributed by atoms with Crippen LogP contribution in [0.4, 0.5) is 0 Å². The zero-order chi connectivity index (χ0) is 20.5. The van der Waals surface area contributed by atoms with Crippen LogP contribution in [0.25, 0.3) is 0 Å². The van der Waals surface area contributed by atoms with Crippen molar-refractivity contribution in [2.75, 3.05) is 0 Å². The number of carbonyl (C=O) groups is 4. The molecular weight excluding hydrogens is 356 g/mol. The zero-order valence-corrected chi connectivity index (χ0v) is 14.4. The van der Waals surface area contributed by atoms with E-state index in [-0.39, 0.29) is 22.3 Å². The van der Waals surface area contributed by atoms with Crippen molar-refractivity contribution in [3.8, 4) is 0 Å². The maximum atomic E-state index is 11.3. The maximum Gasteiger partial charge on any atom is 0.335 e.